The summed E-state index contributed by atoms with van der Waals surface area (Å²) in [5.74, 6) is -1.38. The third kappa shape index (κ3) is 4.50. The quantitative estimate of drug-likeness (QED) is 0.762. The molecule has 2 N–H and O–H groups in total. The van der Waals surface area contributed by atoms with Crippen LogP contribution >= 0.6 is 0 Å². The molecule has 2 amide bonds. The summed E-state index contributed by atoms with van der Waals surface area (Å²) in [6, 6.07) is 2.99. The van der Waals surface area contributed by atoms with Crippen molar-refractivity contribution in [2.24, 2.45) is 0 Å². The Bertz CT molecular complexity index is 714. The Morgan fingerprint density at radius 2 is 1.92 bits per heavy atom. The van der Waals surface area contributed by atoms with Gasteiger partial charge >= 0.3 is 6.18 Å². The molecule has 0 atom stereocenters. The van der Waals surface area contributed by atoms with E-state index in [9.17, 15) is 22.8 Å². The predicted octanol–water partition coefficient (Wildman–Crippen LogP) is 2.15. The highest BCUT2D eigenvalue weighted by atomic mass is 19.4. The molecule has 0 radical (unpaired) electrons. The highest BCUT2D eigenvalue weighted by molar-refractivity contribution is 6.17. The van der Waals surface area contributed by atoms with Gasteiger partial charge < -0.3 is 15.2 Å². The molecule has 25 heavy (non-hydrogen) atoms. The number of ether oxygens (including phenoxy) is 1. The fourth-order valence-electron chi connectivity index (χ4n) is 2.24. The van der Waals surface area contributed by atoms with Crippen molar-refractivity contribution in [1.29, 1.82) is 0 Å². The molecule has 6 nitrogen and oxygen atoms in total. The molecule has 1 aromatic carbocycles. The fraction of sp³-hybridized carbons (Fsp3) is 0.375. The second kappa shape index (κ2) is 7.14. The number of imide groups is 1. The van der Waals surface area contributed by atoms with Gasteiger partial charge in [-0.05, 0) is 26.0 Å². The molecule has 136 valence electrons. The number of carbonyl (C=O) groups excluding carboxylic acids is 2. The minimum Gasteiger partial charge on any atom is -0.491 e. The van der Waals surface area contributed by atoms with Gasteiger partial charge in [-0.1, -0.05) is 0 Å². The first kappa shape index (κ1) is 18.8. The Kier molecular flexibility index (Phi) is 5.36. The van der Waals surface area contributed by atoms with E-state index in [0.29, 0.717) is 0 Å². The molecule has 0 aliphatic carbocycles. The van der Waals surface area contributed by atoms with E-state index in [2.05, 4.69) is 5.32 Å². The standard InChI is InChI=1S/C16H17F3N2O4/c1-9(2)25-12-6-10(16(17,18)19)5-11(7-12)20-13-8-14(23)21(3-4-22)15(13)24/h5-9,20,22H,3-4H2,1-2H3. The lowest BCUT2D eigenvalue weighted by molar-refractivity contribution is -0.138. The van der Waals surface area contributed by atoms with Gasteiger partial charge in [0.15, 0.2) is 0 Å². The van der Waals surface area contributed by atoms with Crippen LogP contribution in [-0.4, -0.2) is 41.1 Å². The monoisotopic (exact) mass is 358 g/mol. The van der Waals surface area contributed by atoms with Crippen LogP contribution in [-0.2, 0) is 15.8 Å². The van der Waals surface area contributed by atoms with E-state index < -0.39 is 30.2 Å². The van der Waals surface area contributed by atoms with Gasteiger partial charge in [-0.2, -0.15) is 13.2 Å². The number of hydrogen-bond donors (Lipinski definition) is 2. The number of carbonyl (C=O) groups is 2. The number of nitrogens with one attached hydrogen (secondary N) is 1. The van der Waals surface area contributed by atoms with Crippen molar-refractivity contribution in [2.75, 3.05) is 18.5 Å². The van der Waals surface area contributed by atoms with Crippen LogP contribution in [0.3, 0.4) is 0 Å². The van der Waals surface area contributed by atoms with Gasteiger partial charge in [0.05, 0.1) is 24.8 Å². The van der Waals surface area contributed by atoms with Crippen molar-refractivity contribution in [3.63, 3.8) is 0 Å². The van der Waals surface area contributed by atoms with Crippen LogP contribution < -0.4 is 10.1 Å². The normalized spacial score (nSPS) is 15.0. The summed E-state index contributed by atoms with van der Waals surface area (Å²) in [6.07, 6.45) is -3.97. The molecule has 0 unspecified atom stereocenters. The van der Waals surface area contributed by atoms with Gasteiger partial charge in [0.25, 0.3) is 11.8 Å². The number of hydrogen-bond acceptors (Lipinski definition) is 5. The number of benzene rings is 1. The SMILES string of the molecule is CC(C)Oc1cc(NC2=CC(=O)N(CCO)C2=O)cc(C(F)(F)F)c1. The van der Waals surface area contributed by atoms with E-state index in [1.54, 1.807) is 13.8 Å². The first-order valence-corrected chi connectivity index (χ1v) is 7.46. The Balaban J connectivity index is 2.31. The molecule has 1 aromatic rings. The molecule has 2 rings (SSSR count). The first-order chi connectivity index (χ1) is 11.6. The third-order valence-electron chi connectivity index (χ3n) is 3.22. The molecule has 1 heterocycles. The third-order valence-corrected chi connectivity index (χ3v) is 3.22. The molecule has 0 saturated carbocycles. The minimum atomic E-state index is -4.60. The Morgan fingerprint density at radius 1 is 1.24 bits per heavy atom. The summed E-state index contributed by atoms with van der Waals surface area (Å²) < 4.78 is 44.4. The zero-order valence-electron chi connectivity index (χ0n) is 13.6. The zero-order chi connectivity index (χ0) is 18.8. The Labute approximate surface area is 141 Å². The van der Waals surface area contributed by atoms with E-state index >= 15 is 0 Å². The van der Waals surface area contributed by atoms with E-state index in [-0.39, 0.29) is 29.8 Å². The lowest BCUT2D eigenvalue weighted by Crippen LogP contribution is -2.34. The number of rotatable bonds is 6. The summed E-state index contributed by atoms with van der Waals surface area (Å²) in [6.45, 7) is 2.74. The summed E-state index contributed by atoms with van der Waals surface area (Å²) in [5, 5.41) is 11.4. The van der Waals surface area contributed by atoms with Crippen molar-refractivity contribution in [3.05, 3.63) is 35.5 Å². The van der Waals surface area contributed by atoms with E-state index in [4.69, 9.17) is 9.84 Å². The molecular weight excluding hydrogens is 341 g/mol. The van der Waals surface area contributed by atoms with Gasteiger partial charge in [-0.3, -0.25) is 14.5 Å². The summed E-state index contributed by atoms with van der Waals surface area (Å²) in [7, 11) is 0. The van der Waals surface area contributed by atoms with Gasteiger partial charge in [0.2, 0.25) is 0 Å². The van der Waals surface area contributed by atoms with E-state index in [1.807, 2.05) is 0 Å². The van der Waals surface area contributed by atoms with Gasteiger partial charge in [0.1, 0.15) is 11.4 Å². The van der Waals surface area contributed by atoms with E-state index in [1.165, 1.54) is 6.07 Å². The van der Waals surface area contributed by atoms with Crippen LogP contribution in [0.5, 0.6) is 5.75 Å². The molecule has 0 aromatic heterocycles. The number of anilines is 1. The van der Waals surface area contributed by atoms with Crippen LogP contribution in [0.4, 0.5) is 18.9 Å². The Hall–Kier alpha value is -2.55. The lowest BCUT2D eigenvalue weighted by atomic mass is 10.1. The van der Waals surface area contributed by atoms with Crippen molar-refractivity contribution >= 4 is 17.5 Å². The maximum absolute atomic E-state index is 13.0. The predicted molar refractivity (Wildman–Crippen MR) is 82.7 cm³/mol. The number of alkyl halides is 3. The van der Waals surface area contributed by atoms with E-state index in [0.717, 1.165) is 23.1 Å². The number of nitrogens with zero attached hydrogens (tertiary/aromatic N) is 1. The molecular formula is C16H17F3N2O4. The van der Waals surface area contributed by atoms with Crippen molar-refractivity contribution in [2.45, 2.75) is 26.1 Å². The molecule has 9 heteroatoms. The average Bonchev–Trinajstić information content (AvgIpc) is 2.73. The van der Waals surface area contributed by atoms with Crippen molar-refractivity contribution in [1.82, 2.24) is 4.90 Å². The second-order valence-electron chi connectivity index (χ2n) is 5.61. The highest BCUT2D eigenvalue weighted by Gasteiger charge is 2.33. The maximum Gasteiger partial charge on any atom is 0.416 e. The van der Waals surface area contributed by atoms with Crippen molar-refractivity contribution < 1.29 is 32.6 Å². The molecule has 0 saturated heterocycles. The summed E-state index contributed by atoms with van der Waals surface area (Å²) in [5.41, 5.74) is -1.16. The largest absolute Gasteiger partial charge is 0.491 e. The zero-order valence-corrected chi connectivity index (χ0v) is 13.6. The molecule has 0 fully saturated rings. The topological polar surface area (TPSA) is 78.9 Å². The van der Waals surface area contributed by atoms with Crippen LogP contribution in [0.25, 0.3) is 0 Å². The van der Waals surface area contributed by atoms with Gasteiger partial charge in [-0.25, -0.2) is 0 Å². The fourth-order valence-corrected chi connectivity index (χ4v) is 2.24. The number of amides is 2. The van der Waals surface area contributed by atoms with Crippen LogP contribution in [0.15, 0.2) is 30.0 Å². The highest BCUT2D eigenvalue weighted by Crippen LogP contribution is 2.35. The molecule has 0 spiro atoms. The second-order valence-corrected chi connectivity index (χ2v) is 5.61. The smallest absolute Gasteiger partial charge is 0.416 e. The lowest BCUT2D eigenvalue weighted by Gasteiger charge is -2.17. The number of aliphatic hydroxyl groups excluding tert-OH is 1. The van der Waals surface area contributed by atoms with Crippen LogP contribution in [0.1, 0.15) is 19.4 Å². The number of halogens is 3. The van der Waals surface area contributed by atoms with Crippen LogP contribution in [0, 0.1) is 0 Å². The average molecular weight is 358 g/mol. The molecule has 1 aliphatic rings. The number of β-amino-alcohol motifs (C(OH)–C–C–N with tert-alkyl or cyclic N) is 1. The Morgan fingerprint density at radius 3 is 2.48 bits per heavy atom. The molecule has 1 aliphatic heterocycles. The first-order valence-electron chi connectivity index (χ1n) is 7.46. The molecule has 0 bridgehead atoms. The number of aliphatic hydroxyl groups is 1. The van der Waals surface area contributed by atoms with Gasteiger partial charge in [0, 0.05) is 17.8 Å². The summed E-state index contributed by atoms with van der Waals surface area (Å²) >= 11 is 0. The maximum atomic E-state index is 13.0. The minimum absolute atomic E-state index is 0.0167. The summed E-state index contributed by atoms with van der Waals surface area (Å²) in [4.78, 5) is 24.5. The van der Waals surface area contributed by atoms with Crippen LogP contribution in [0.2, 0.25) is 0 Å². The van der Waals surface area contributed by atoms with Crippen molar-refractivity contribution in [3.8, 4) is 5.75 Å². The van der Waals surface area contributed by atoms with Gasteiger partial charge in [-0.15, -0.1) is 0 Å².